The number of carbonyl (C=O) groups excluding carboxylic acids is 2. The van der Waals surface area contributed by atoms with Crippen LogP contribution in [0.4, 0.5) is 23.1 Å². The van der Waals surface area contributed by atoms with E-state index in [4.69, 9.17) is 15.5 Å². The number of likely N-dealkylation sites (N-methyl/N-ethyl adjacent to an activating group) is 1. The number of carboxylic acid groups (broad SMARTS) is 1. The molecule has 2 aliphatic heterocycles. The molecule has 13 nitrogen and oxygen atoms in total. The Morgan fingerprint density at radius 3 is 2.54 bits per heavy atom. The summed E-state index contributed by atoms with van der Waals surface area (Å²) in [5, 5.41) is 15.9. The molecule has 1 aromatic carbocycles. The molecule has 48 heavy (non-hydrogen) atoms. The van der Waals surface area contributed by atoms with Crippen molar-refractivity contribution >= 4 is 40.9 Å². The van der Waals surface area contributed by atoms with E-state index in [9.17, 15) is 19.5 Å². The highest BCUT2D eigenvalue weighted by molar-refractivity contribution is 6.04. The lowest BCUT2D eigenvalue weighted by Crippen LogP contribution is -2.55. The number of likely N-dealkylation sites (tertiary alicyclic amines) is 1. The van der Waals surface area contributed by atoms with Crippen molar-refractivity contribution in [2.45, 2.75) is 108 Å². The first-order valence-corrected chi connectivity index (χ1v) is 17.6. The topological polar surface area (TPSA) is 166 Å². The van der Waals surface area contributed by atoms with Gasteiger partial charge in [-0.2, -0.15) is 4.98 Å². The number of hydrogen-bond acceptors (Lipinski definition) is 10. The fourth-order valence-electron chi connectivity index (χ4n) is 8.32. The Kier molecular flexibility index (Phi) is 10.4. The van der Waals surface area contributed by atoms with Crippen LogP contribution in [0.3, 0.4) is 0 Å². The van der Waals surface area contributed by atoms with Gasteiger partial charge in [-0.15, -0.1) is 0 Å². The number of carbonyl (C=O) groups is 3. The second-order valence-electron chi connectivity index (χ2n) is 13.9. The predicted molar refractivity (Wildman–Crippen MR) is 184 cm³/mol. The second-order valence-corrected chi connectivity index (χ2v) is 13.9. The third-order valence-corrected chi connectivity index (χ3v) is 10.9. The normalized spacial score (nSPS) is 23.3. The molecule has 1 aromatic heterocycles. The molecular formula is C35H50N8O5. The van der Waals surface area contributed by atoms with E-state index >= 15 is 0 Å². The van der Waals surface area contributed by atoms with E-state index < -0.39 is 12.0 Å². The van der Waals surface area contributed by atoms with E-state index in [0.717, 1.165) is 57.3 Å². The summed E-state index contributed by atoms with van der Waals surface area (Å²) in [7, 11) is 3.34. The molecule has 2 unspecified atom stereocenters. The van der Waals surface area contributed by atoms with Crippen molar-refractivity contribution < 1.29 is 24.2 Å². The summed E-state index contributed by atoms with van der Waals surface area (Å²) in [6.07, 6.45) is 12.5. The molecule has 260 valence electrons. The van der Waals surface area contributed by atoms with E-state index in [-0.39, 0.29) is 36.0 Å². The molecule has 4 atom stereocenters. The van der Waals surface area contributed by atoms with E-state index in [1.807, 2.05) is 6.92 Å². The van der Waals surface area contributed by atoms with Crippen LogP contribution in [0.15, 0.2) is 24.4 Å². The van der Waals surface area contributed by atoms with Crippen molar-refractivity contribution in [3.63, 3.8) is 0 Å². The molecule has 0 bridgehead atoms. The van der Waals surface area contributed by atoms with Gasteiger partial charge in [0, 0.05) is 43.8 Å². The average Bonchev–Trinajstić information content (AvgIpc) is 3.89. The second kappa shape index (κ2) is 14.7. The molecule has 5 N–H and O–H groups in total. The summed E-state index contributed by atoms with van der Waals surface area (Å²) in [6.45, 7) is 3.51. The number of anilines is 4. The molecule has 4 aliphatic rings. The third kappa shape index (κ3) is 6.93. The van der Waals surface area contributed by atoms with Gasteiger partial charge in [0.1, 0.15) is 23.5 Å². The van der Waals surface area contributed by atoms with Crippen LogP contribution in [0.25, 0.3) is 0 Å². The van der Waals surface area contributed by atoms with Gasteiger partial charge in [0.2, 0.25) is 11.9 Å². The summed E-state index contributed by atoms with van der Waals surface area (Å²) >= 11 is 0. The van der Waals surface area contributed by atoms with Gasteiger partial charge in [-0.1, -0.05) is 32.6 Å². The first-order chi connectivity index (χ1) is 23.2. The molecule has 2 amide bonds. The highest BCUT2D eigenvalue weighted by atomic mass is 16.5. The maximum Gasteiger partial charge on any atom is 0.320 e. The predicted octanol–water partition coefficient (Wildman–Crippen LogP) is 3.90. The van der Waals surface area contributed by atoms with Crippen LogP contribution >= 0.6 is 0 Å². The Hall–Kier alpha value is -3.97. The summed E-state index contributed by atoms with van der Waals surface area (Å²) in [5.41, 5.74) is 7.77. The Morgan fingerprint density at radius 2 is 1.85 bits per heavy atom. The van der Waals surface area contributed by atoms with Crippen LogP contribution < -0.4 is 30.9 Å². The fraction of sp³-hybridized carbons (Fsp3) is 0.629. The van der Waals surface area contributed by atoms with Crippen LogP contribution in [0, 0.1) is 5.92 Å². The molecular weight excluding hydrogens is 612 g/mol. The smallest absolute Gasteiger partial charge is 0.320 e. The van der Waals surface area contributed by atoms with Crippen LogP contribution in [0.5, 0.6) is 5.75 Å². The number of aliphatic carboxylic acids is 1. The number of amides is 2. The van der Waals surface area contributed by atoms with Gasteiger partial charge in [0.25, 0.3) is 5.91 Å². The molecule has 3 fully saturated rings. The van der Waals surface area contributed by atoms with Gasteiger partial charge in [-0.3, -0.25) is 19.3 Å². The minimum Gasteiger partial charge on any atom is -0.495 e. The summed E-state index contributed by atoms with van der Waals surface area (Å²) in [5.74, 6) is 0.972. The average molecular weight is 663 g/mol. The maximum atomic E-state index is 13.4. The van der Waals surface area contributed by atoms with Crippen molar-refractivity contribution in [1.82, 2.24) is 20.2 Å². The van der Waals surface area contributed by atoms with Gasteiger partial charge in [-0.05, 0) is 69.1 Å². The molecule has 13 heteroatoms. The lowest BCUT2D eigenvalue weighted by Gasteiger charge is -2.43. The van der Waals surface area contributed by atoms with Gasteiger partial charge in [-0.25, -0.2) is 4.98 Å². The largest absolute Gasteiger partial charge is 0.495 e. The maximum absolute atomic E-state index is 13.4. The summed E-state index contributed by atoms with van der Waals surface area (Å²) in [4.78, 5) is 53.9. The zero-order chi connectivity index (χ0) is 33.9. The molecule has 2 saturated carbocycles. The van der Waals surface area contributed by atoms with Gasteiger partial charge < -0.3 is 36.0 Å². The number of hydrogen-bond donors (Lipinski definition) is 4. The molecule has 6 rings (SSSR count). The third-order valence-electron chi connectivity index (χ3n) is 10.9. The van der Waals surface area contributed by atoms with Crippen molar-refractivity contribution in [3.8, 4) is 5.75 Å². The Bertz CT molecular complexity index is 1490. The SMILES string of the molecule is CC[C@@H]1C(=O)N(C)c2cnc(Nc3ccc(C(=O)NC4CCN(C(C[C@@H](N)C(=O)O)C5CCCC5)C4)cc3OC)nc2N1C1CCCC1. The minimum absolute atomic E-state index is 0.0464. The number of rotatable bonds is 12. The number of aromatic nitrogens is 2. The highest BCUT2D eigenvalue weighted by Gasteiger charge is 2.41. The zero-order valence-corrected chi connectivity index (χ0v) is 28.4. The van der Waals surface area contributed by atoms with E-state index in [2.05, 4.69) is 25.4 Å². The molecule has 3 heterocycles. The number of fused-ring (bicyclic) bond motifs is 1. The number of ether oxygens (including phenoxy) is 1. The molecule has 1 saturated heterocycles. The van der Waals surface area contributed by atoms with E-state index in [1.54, 1.807) is 43.5 Å². The Balaban J connectivity index is 1.14. The van der Waals surface area contributed by atoms with Crippen LogP contribution in [0.2, 0.25) is 0 Å². The quantitative estimate of drug-likeness (QED) is 0.260. The van der Waals surface area contributed by atoms with Gasteiger partial charge >= 0.3 is 5.97 Å². The number of nitrogens with zero attached hydrogens (tertiary/aromatic N) is 5. The van der Waals surface area contributed by atoms with Crippen molar-refractivity contribution in [2.75, 3.05) is 42.4 Å². The minimum atomic E-state index is -0.965. The number of methoxy groups -OCH3 is 1. The first kappa shape index (κ1) is 33.9. The van der Waals surface area contributed by atoms with Gasteiger partial charge in [0.05, 0.1) is 19.0 Å². The van der Waals surface area contributed by atoms with Crippen LogP contribution in [-0.2, 0) is 9.59 Å². The molecule has 2 aromatic rings. The van der Waals surface area contributed by atoms with E-state index in [0.29, 0.717) is 53.9 Å². The molecule has 0 spiro atoms. The van der Waals surface area contributed by atoms with Crippen molar-refractivity contribution in [3.05, 3.63) is 30.0 Å². The van der Waals surface area contributed by atoms with Crippen molar-refractivity contribution in [1.29, 1.82) is 0 Å². The molecule has 0 radical (unpaired) electrons. The van der Waals surface area contributed by atoms with Crippen LogP contribution in [-0.4, -0.2) is 95.2 Å². The van der Waals surface area contributed by atoms with Crippen LogP contribution in [0.1, 0.15) is 87.9 Å². The lowest BCUT2D eigenvalue weighted by atomic mass is 9.91. The van der Waals surface area contributed by atoms with Crippen molar-refractivity contribution in [2.24, 2.45) is 11.7 Å². The Labute approximate surface area is 282 Å². The molecule has 2 aliphatic carbocycles. The number of nitrogens with one attached hydrogen (secondary N) is 2. The highest BCUT2D eigenvalue weighted by Crippen LogP contribution is 2.40. The first-order valence-electron chi connectivity index (χ1n) is 17.6. The Morgan fingerprint density at radius 1 is 1.12 bits per heavy atom. The standard InChI is InChI=1S/C35H50N8O5/c1-4-27-33(45)41(2)29-19-37-35(40-31(29)43(27)24-11-7-8-12-24)39-26-14-13-22(17-30(26)48-3)32(44)38-23-15-16-42(20-23)28(18-25(36)34(46)47)21-9-5-6-10-21/h13-14,17,19,21,23-25,27-28H,4-12,15-16,18,20,36H2,1-3H3,(H,38,44)(H,46,47)(H,37,39,40)/t23?,25-,27-,28?/m1/s1. The number of benzene rings is 1. The number of carboxylic acids is 1. The monoisotopic (exact) mass is 662 g/mol. The lowest BCUT2D eigenvalue weighted by molar-refractivity contribution is -0.139. The van der Waals surface area contributed by atoms with Gasteiger partial charge in [0.15, 0.2) is 5.82 Å². The number of nitrogens with two attached hydrogens (primary N) is 1. The summed E-state index contributed by atoms with van der Waals surface area (Å²) in [6, 6.07) is 4.43. The van der Waals surface area contributed by atoms with E-state index in [1.165, 1.54) is 12.8 Å². The fourth-order valence-corrected chi connectivity index (χ4v) is 8.32. The summed E-state index contributed by atoms with van der Waals surface area (Å²) < 4.78 is 5.69. The zero-order valence-electron chi connectivity index (χ0n) is 28.4.